The molecular weight excluding hydrogens is 358 g/mol. The SMILES string of the molecule is Cc1ccc(C(=O)NCCc2cc3c(C)ccc(C)c3[nH]c2=O)cc1[N+](=O)[O-]. The maximum atomic E-state index is 12.4. The zero-order valence-corrected chi connectivity index (χ0v) is 16.0. The van der Waals surface area contributed by atoms with Gasteiger partial charge in [0.2, 0.25) is 0 Å². The minimum Gasteiger partial charge on any atom is -0.352 e. The van der Waals surface area contributed by atoms with E-state index in [9.17, 15) is 19.7 Å². The molecule has 0 unspecified atom stereocenters. The van der Waals surface area contributed by atoms with Crippen LogP contribution in [0.3, 0.4) is 0 Å². The second-order valence-electron chi connectivity index (χ2n) is 6.88. The molecule has 7 heteroatoms. The first-order valence-electron chi connectivity index (χ1n) is 8.93. The highest BCUT2D eigenvalue weighted by Crippen LogP contribution is 2.20. The second-order valence-corrected chi connectivity index (χ2v) is 6.88. The van der Waals surface area contributed by atoms with Gasteiger partial charge in [-0.25, -0.2) is 0 Å². The Bertz CT molecular complexity index is 1150. The van der Waals surface area contributed by atoms with Crippen molar-refractivity contribution >= 4 is 22.5 Å². The maximum absolute atomic E-state index is 12.4. The number of benzene rings is 2. The van der Waals surface area contributed by atoms with Crippen LogP contribution >= 0.6 is 0 Å². The Hall–Kier alpha value is -3.48. The van der Waals surface area contributed by atoms with Crippen molar-refractivity contribution in [1.82, 2.24) is 10.3 Å². The van der Waals surface area contributed by atoms with Gasteiger partial charge in [-0.05, 0) is 50.5 Å². The van der Waals surface area contributed by atoms with Crippen LogP contribution in [-0.2, 0) is 6.42 Å². The maximum Gasteiger partial charge on any atom is 0.273 e. The smallest absolute Gasteiger partial charge is 0.273 e. The molecule has 2 N–H and O–H groups in total. The fourth-order valence-electron chi connectivity index (χ4n) is 3.16. The third-order valence-corrected chi connectivity index (χ3v) is 4.87. The van der Waals surface area contributed by atoms with Gasteiger partial charge >= 0.3 is 0 Å². The number of rotatable bonds is 5. The number of aromatic amines is 1. The van der Waals surface area contributed by atoms with Crippen molar-refractivity contribution in [1.29, 1.82) is 0 Å². The van der Waals surface area contributed by atoms with E-state index in [-0.39, 0.29) is 23.4 Å². The third kappa shape index (κ3) is 3.78. The fourth-order valence-corrected chi connectivity index (χ4v) is 3.16. The number of aryl methyl sites for hydroxylation is 3. The number of carbonyl (C=O) groups is 1. The molecule has 3 aromatic rings. The number of nitrogens with one attached hydrogen (secondary N) is 2. The van der Waals surface area contributed by atoms with Gasteiger partial charge in [0.25, 0.3) is 17.2 Å². The van der Waals surface area contributed by atoms with Gasteiger partial charge in [0.15, 0.2) is 0 Å². The number of carbonyl (C=O) groups excluding carboxylic acids is 1. The van der Waals surface area contributed by atoms with Gasteiger partial charge in [-0.2, -0.15) is 0 Å². The van der Waals surface area contributed by atoms with Crippen molar-refractivity contribution in [2.75, 3.05) is 6.54 Å². The summed E-state index contributed by atoms with van der Waals surface area (Å²) < 4.78 is 0. The average molecular weight is 379 g/mol. The zero-order chi connectivity index (χ0) is 20.4. The first kappa shape index (κ1) is 19.3. The van der Waals surface area contributed by atoms with Gasteiger partial charge in [0.1, 0.15) is 0 Å². The number of amides is 1. The van der Waals surface area contributed by atoms with E-state index < -0.39 is 10.8 Å². The van der Waals surface area contributed by atoms with E-state index in [1.165, 1.54) is 6.07 Å². The molecule has 2 aromatic carbocycles. The number of nitro benzene ring substituents is 1. The summed E-state index contributed by atoms with van der Waals surface area (Å²) in [7, 11) is 0. The Morgan fingerprint density at radius 3 is 2.46 bits per heavy atom. The van der Waals surface area contributed by atoms with Crippen LogP contribution in [0.4, 0.5) is 5.69 Å². The molecule has 0 aliphatic carbocycles. The summed E-state index contributed by atoms with van der Waals surface area (Å²) in [6, 6.07) is 10.2. The Balaban J connectivity index is 1.75. The monoisotopic (exact) mass is 379 g/mol. The molecule has 0 aliphatic heterocycles. The molecule has 0 saturated carbocycles. The average Bonchev–Trinajstić information content (AvgIpc) is 2.65. The molecule has 0 spiro atoms. The normalized spacial score (nSPS) is 10.8. The Labute approximate surface area is 161 Å². The van der Waals surface area contributed by atoms with Crippen LogP contribution in [0.2, 0.25) is 0 Å². The van der Waals surface area contributed by atoms with Crippen LogP contribution < -0.4 is 10.9 Å². The predicted octanol–water partition coefficient (Wildman–Crippen LogP) is 3.33. The lowest BCUT2D eigenvalue weighted by atomic mass is 10.0. The van der Waals surface area contributed by atoms with Crippen LogP contribution in [0.15, 0.2) is 41.2 Å². The summed E-state index contributed by atoms with van der Waals surface area (Å²) in [5.74, 6) is -0.410. The van der Waals surface area contributed by atoms with Crippen LogP contribution in [0, 0.1) is 30.9 Å². The van der Waals surface area contributed by atoms with Crippen molar-refractivity contribution in [3.63, 3.8) is 0 Å². The van der Waals surface area contributed by atoms with Crippen molar-refractivity contribution < 1.29 is 9.72 Å². The lowest BCUT2D eigenvalue weighted by molar-refractivity contribution is -0.385. The number of hydrogen-bond acceptors (Lipinski definition) is 4. The highest BCUT2D eigenvalue weighted by atomic mass is 16.6. The molecular formula is C21H21N3O4. The van der Waals surface area contributed by atoms with Crippen LogP contribution in [0.1, 0.15) is 32.6 Å². The number of aromatic nitrogens is 1. The second kappa shape index (κ2) is 7.64. The van der Waals surface area contributed by atoms with Gasteiger partial charge in [-0.15, -0.1) is 0 Å². The molecule has 0 bridgehead atoms. The molecule has 1 aromatic heterocycles. The topological polar surface area (TPSA) is 105 Å². The fraction of sp³-hybridized carbons (Fsp3) is 0.238. The van der Waals surface area contributed by atoms with E-state index >= 15 is 0 Å². The number of pyridine rings is 1. The van der Waals surface area contributed by atoms with Gasteiger partial charge < -0.3 is 10.3 Å². The summed E-state index contributed by atoms with van der Waals surface area (Å²) in [4.78, 5) is 38.1. The lowest BCUT2D eigenvalue weighted by Crippen LogP contribution is -2.27. The molecule has 0 saturated heterocycles. The van der Waals surface area contributed by atoms with Crippen molar-refractivity contribution in [3.8, 4) is 0 Å². The minimum absolute atomic E-state index is 0.0931. The number of H-pyrrole nitrogens is 1. The summed E-state index contributed by atoms with van der Waals surface area (Å²) >= 11 is 0. The molecule has 144 valence electrons. The number of fused-ring (bicyclic) bond motifs is 1. The summed E-state index contributed by atoms with van der Waals surface area (Å²) in [5.41, 5.74) is 3.91. The molecule has 0 aliphatic rings. The molecule has 0 radical (unpaired) electrons. The molecule has 1 amide bonds. The Kier molecular flexibility index (Phi) is 5.26. The van der Waals surface area contributed by atoms with Crippen molar-refractivity contribution in [2.45, 2.75) is 27.2 Å². The van der Waals surface area contributed by atoms with E-state index in [1.54, 1.807) is 19.1 Å². The van der Waals surface area contributed by atoms with E-state index in [4.69, 9.17) is 0 Å². The van der Waals surface area contributed by atoms with Gasteiger partial charge in [0, 0.05) is 34.7 Å². The van der Waals surface area contributed by atoms with E-state index in [2.05, 4.69) is 10.3 Å². The van der Waals surface area contributed by atoms with Gasteiger partial charge in [0.05, 0.1) is 10.4 Å². The predicted molar refractivity (Wildman–Crippen MR) is 108 cm³/mol. The molecule has 7 nitrogen and oxygen atoms in total. The van der Waals surface area contributed by atoms with E-state index in [0.717, 1.165) is 22.0 Å². The van der Waals surface area contributed by atoms with Crippen LogP contribution in [0.5, 0.6) is 0 Å². The van der Waals surface area contributed by atoms with Crippen LogP contribution in [0.25, 0.3) is 10.9 Å². The summed E-state index contributed by atoms with van der Waals surface area (Å²) in [6.07, 6.45) is 0.359. The molecule has 0 atom stereocenters. The quantitative estimate of drug-likeness (QED) is 0.524. The first-order chi connectivity index (χ1) is 13.3. The molecule has 28 heavy (non-hydrogen) atoms. The standard InChI is InChI=1S/C21H21N3O4/c1-12-4-5-14(3)19-17(12)10-16(21(26)23-19)8-9-22-20(25)15-7-6-13(2)18(11-15)24(27)28/h4-7,10-11H,8-9H2,1-3H3,(H,22,25)(H,23,26). The summed E-state index contributed by atoms with van der Waals surface area (Å²) in [6.45, 7) is 5.80. The van der Waals surface area contributed by atoms with E-state index in [0.29, 0.717) is 17.5 Å². The first-order valence-corrected chi connectivity index (χ1v) is 8.93. The molecule has 3 rings (SSSR count). The largest absolute Gasteiger partial charge is 0.352 e. The number of nitrogens with zero attached hydrogens (tertiary/aromatic N) is 1. The molecule has 1 heterocycles. The highest BCUT2D eigenvalue weighted by molar-refractivity contribution is 5.95. The number of nitro groups is 1. The Morgan fingerprint density at radius 1 is 1.07 bits per heavy atom. The third-order valence-electron chi connectivity index (χ3n) is 4.87. The minimum atomic E-state index is -0.509. The Morgan fingerprint density at radius 2 is 1.75 bits per heavy atom. The highest BCUT2D eigenvalue weighted by Gasteiger charge is 2.15. The molecule has 0 fully saturated rings. The van der Waals surface area contributed by atoms with E-state index in [1.807, 2.05) is 32.0 Å². The van der Waals surface area contributed by atoms with Crippen molar-refractivity contribution in [3.05, 3.63) is 84.7 Å². The van der Waals surface area contributed by atoms with Crippen molar-refractivity contribution in [2.24, 2.45) is 0 Å². The van der Waals surface area contributed by atoms with Gasteiger partial charge in [-0.1, -0.05) is 18.2 Å². The zero-order valence-electron chi connectivity index (χ0n) is 16.0. The van der Waals surface area contributed by atoms with Gasteiger partial charge in [-0.3, -0.25) is 19.7 Å². The lowest BCUT2D eigenvalue weighted by Gasteiger charge is -2.09. The van der Waals surface area contributed by atoms with Crippen LogP contribution in [-0.4, -0.2) is 22.4 Å². The summed E-state index contributed by atoms with van der Waals surface area (Å²) in [5, 5.41) is 14.7. The number of hydrogen-bond donors (Lipinski definition) is 2.